The molecule has 3 rings (SSSR count). The molecule has 0 bridgehead atoms. The lowest BCUT2D eigenvalue weighted by Crippen LogP contribution is -2.15. The summed E-state index contributed by atoms with van der Waals surface area (Å²) < 4.78 is 45.9. The van der Waals surface area contributed by atoms with E-state index in [2.05, 4.69) is 20.2 Å². The highest BCUT2D eigenvalue weighted by atomic mass is 32.2. The number of aromatic nitrogens is 2. The number of hydrogen-bond donors (Lipinski definition) is 2. The van der Waals surface area contributed by atoms with Crippen LogP contribution >= 0.6 is 0 Å². The van der Waals surface area contributed by atoms with Gasteiger partial charge < -0.3 is 9.84 Å². The Labute approximate surface area is 156 Å². The average Bonchev–Trinajstić information content (AvgIpc) is 2.97. The molecular weight excluding hydrogens is 371 g/mol. The van der Waals surface area contributed by atoms with Gasteiger partial charge in [-0.1, -0.05) is 23.4 Å². The summed E-state index contributed by atoms with van der Waals surface area (Å²) in [5.41, 5.74) is 1.22. The van der Waals surface area contributed by atoms with Crippen LogP contribution in [-0.2, 0) is 16.4 Å². The Morgan fingerprint density at radius 1 is 1.15 bits per heavy atom. The molecule has 0 aliphatic heterocycles. The Balaban J connectivity index is 1.61. The molecule has 0 saturated heterocycles. The summed E-state index contributed by atoms with van der Waals surface area (Å²) in [5.74, 6) is 0.544. The summed E-state index contributed by atoms with van der Waals surface area (Å²) in [6, 6.07) is 9.83. The summed E-state index contributed by atoms with van der Waals surface area (Å²) in [5, 5.41) is 6.73. The number of aryl methyl sites for hydroxylation is 2. The van der Waals surface area contributed by atoms with Crippen molar-refractivity contribution in [2.75, 3.05) is 16.6 Å². The smallest absolute Gasteiger partial charge is 0.267 e. The third kappa shape index (κ3) is 4.43. The van der Waals surface area contributed by atoms with E-state index in [4.69, 9.17) is 4.52 Å². The Kier molecular flexibility index (Phi) is 5.41. The van der Waals surface area contributed by atoms with Gasteiger partial charge in [-0.25, -0.2) is 17.8 Å². The molecule has 0 aliphatic carbocycles. The van der Waals surface area contributed by atoms with Crippen molar-refractivity contribution in [3.05, 3.63) is 65.4 Å². The molecule has 0 radical (unpaired) electrons. The minimum Gasteiger partial charge on any atom is -0.370 e. The Morgan fingerprint density at radius 2 is 1.93 bits per heavy atom. The summed E-state index contributed by atoms with van der Waals surface area (Å²) in [6.07, 6.45) is 1.91. The molecule has 0 fully saturated rings. The SMILES string of the molecule is Cc1noc(C)c1S(=O)(=O)Nc1ccc(NCCc2ccccc2F)nc1. The lowest BCUT2D eigenvalue weighted by Gasteiger charge is -2.09. The van der Waals surface area contributed by atoms with Crippen molar-refractivity contribution in [3.63, 3.8) is 0 Å². The fourth-order valence-electron chi connectivity index (χ4n) is 2.65. The summed E-state index contributed by atoms with van der Waals surface area (Å²) >= 11 is 0. The molecule has 0 saturated carbocycles. The molecule has 0 unspecified atom stereocenters. The molecule has 2 aromatic heterocycles. The van der Waals surface area contributed by atoms with Crippen molar-refractivity contribution in [2.24, 2.45) is 0 Å². The van der Waals surface area contributed by atoms with Gasteiger partial charge in [-0.15, -0.1) is 0 Å². The number of hydrogen-bond acceptors (Lipinski definition) is 6. The quantitative estimate of drug-likeness (QED) is 0.643. The Hall–Kier alpha value is -2.94. The molecule has 1 aromatic carbocycles. The largest absolute Gasteiger partial charge is 0.370 e. The van der Waals surface area contributed by atoms with Crippen LogP contribution in [-0.4, -0.2) is 25.1 Å². The summed E-state index contributed by atoms with van der Waals surface area (Å²) in [7, 11) is -3.81. The van der Waals surface area contributed by atoms with E-state index in [1.165, 1.54) is 19.2 Å². The van der Waals surface area contributed by atoms with E-state index in [1.807, 2.05) is 0 Å². The van der Waals surface area contributed by atoms with Crippen LogP contribution in [0.5, 0.6) is 0 Å². The van der Waals surface area contributed by atoms with Crippen LogP contribution in [0.25, 0.3) is 0 Å². The molecule has 27 heavy (non-hydrogen) atoms. The second-order valence-corrected chi connectivity index (χ2v) is 7.58. The van der Waals surface area contributed by atoms with E-state index in [-0.39, 0.29) is 16.5 Å². The van der Waals surface area contributed by atoms with Crippen LogP contribution in [0.4, 0.5) is 15.9 Å². The second kappa shape index (κ2) is 7.75. The fourth-order valence-corrected chi connectivity index (χ4v) is 4.02. The summed E-state index contributed by atoms with van der Waals surface area (Å²) in [6.45, 7) is 3.60. The van der Waals surface area contributed by atoms with Gasteiger partial charge in [0.2, 0.25) is 0 Å². The van der Waals surface area contributed by atoms with Crippen LogP contribution in [0.15, 0.2) is 52.0 Å². The minimum atomic E-state index is -3.81. The van der Waals surface area contributed by atoms with Crippen LogP contribution in [0.1, 0.15) is 17.0 Å². The first-order valence-electron chi connectivity index (χ1n) is 8.26. The van der Waals surface area contributed by atoms with Gasteiger partial charge in [-0.3, -0.25) is 4.72 Å². The molecule has 9 heteroatoms. The molecule has 2 N–H and O–H groups in total. The van der Waals surface area contributed by atoms with Crippen molar-refractivity contribution in [1.82, 2.24) is 10.1 Å². The van der Waals surface area contributed by atoms with Crippen molar-refractivity contribution < 1.29 is 17.3 Å². The van der Waals surface area contributed by atoms with Gasteiger partial charge in [0.1, 0.15) is 17.3 Å². The van der Waals surface area contributed by atoms with E-state index in [1.54, 1.807) is 37.3 Å². The maximum absolute atomic E-state index is 13.6. The number of rotatable bonds is 7. The van der Waals surface area contributed by atoms with E-state index in [0.717, 1.165) is 0 Å². The normalized spacial score (nSPS) is 11.4. The third-order valence-corrected chi connectivity index (χ3v) is 5.54. The van der Waals surface area contributed by atoms with E-state index >= 15 is 0 Å². The number of anilines is 2. The maximum atomic E-state index is 13.6. The third-order valence-electron chi connectivity index (χ3n) is 3.91. The molecule has 0 spiro atoms. The highest BCUT2D eigenvalue weighted by Gasteiger charge is 2.24. The first kappa shape index (κ1) is 18.8. The predicted molar refractivity (Wildman–Crippen MR) is 99.6 cm³/mol. The monoisotopic (exact) mass is 390 g/mol. The van der Waals surface area contributed by atoms with E-state index in [9.17, 15) is 12.8 Å². The Morgan fingerprint density at radius 3 is 2.56 bits per heavy atom. The van der Waals surface area contributed by atoms with Gasteiger partial charge >= 0.3 is 0 Å². The topological polar surface area (TPSA) is 97.1 Å². The number of benzene rings is 1. The number of sulfonamides is 1. The maximum Gasteiger partial charge on any atom is 0.267 e. The Bertz CT molecular complexity index is 1010. The van der Waals surface area contributed by atoms with Gasteiger partial charge in [-0.2, -0.15) is 0 Å². The molecule has 0 amide bonds. The molecule has 3 aromatic rings. The standard InChI is InChI=1S/C18H19FN4O3S/c1-12-18(13(2)26-22-12)27(24,25)23-15-7-8-17(21-11-15)20-10-9-14-5-3-4-6-16(14)19/h3-8,11,23H,9-10H2,1-2H3,(H,20,21). The lowest BCUT2D eigenvalue weighted by molar-refractivity contribution is 0.390. The number of pyridine rings is 1. The fraction of sp³-hybridized carbons (Fsp3) is 0.222. The molecule has 2 heterocycles. The molecule has 0 atom stereocenters. The van der Waals surface area contributed by atoms with E-state index < -0.39 is 10.0 Å². The predicted octanol–water partition coefficient (Wildman–Crippen LogP) is 3.28. The van der Waals surface area contributed by atoms with Crippen molar-refractivity contribution >= 4 is 21.5 Å². The molecular formula is C18H19FN4O3S. The lowest BCUT2D eigenvalue weighted by atomic mass is 10.1. The molecule has 7 nitrogen and oxygen atoms in total. The first-order chi connectivity index (χ1) is 12.9. The van der Waals surface area contributed by atoms with Gasteiger partial charge in [0, 0.05) is 6.54 Å². The van der Waals surface area contributed by atoms with Crippen LogP contribution in [0.2, 0.25) is 0 Å². The number of nitrogens with zero attached hydrogens (tertiary/aromatic N) is 2. The van der Waals surface area contributed by atoms with Crippen molar-refractivity contribution in [2.45, 2.75) is 25.2 Å². The van der Waals surface area contributed by atoms with Crippen molar-refractivity contribution in [1.29, 1.82) is 0 Å². The number of nitrogens with one attached hydrogen (secondary N) is 2. The minimum absolute atomic E-state index is 0.0228. The zero-order valence-corrected chi connectivity index (χ0v) is 15.7. The van der Waals surface area contributed by atoms with Gasteiger partial charge in [0.25, 0.3) is 10.0 Å². The molecule has 142 valence electrons. The zero-order valence-electron chi connectivity index (χ0n) is 14.9. The van der Waals surface area contributed by atoms with Crippen LogP contribution in [0.3, 0.4) is 0 Å². The van der Waals surface area contributed by atoms with Gasteiger partial charge in [0.05, 0.1) is 11.9 Å². The summed E-state index contributed by atoms with van der Waals surface area (Å²) in [4.78, 5) is 4.19. The van der Waals surface area contributed by atoms with Crippen LogP contribution in [0, 0.1) is 19.7 Å². The van der Waals surface area contributed by atoms with Crippen molar-refractivity contribution in [3.8, 4) is 0 Å². The number of halogens is 1. The van der Waals surface area contributed by atoms with Gasteiger partial charge in [-0.05, 0) is 44.0 Å². The second-order valence-electron chi connectivity index (χ2n) is 5.96. The highest BCUT2D eigenvalue weighted by Crippen LogP contribution is 2.22. The molecule has 0 aliphatic rings. The van der Waals surface area contributed by atoms with Gasteiger partial charge in [0.15, 0.2) is 10.7 Å². The zero-order chi connectivity index (χ0) is 19.4. The first-order valence-corrected chi connectivity index (χ1v) is 9.74. The average molecular weight is 390 g/mol. The highest BCUT2D eigenvalue weighted by molar-refractivity contribution is 7.92. The van der Waals surface area contributed by atoms with E-state index in [0.29, 0.717) is 35.7 Å². The van der Waals surface area contributed by atoms with Crippen LogP contribution < -0.4 is 10.0 Å².